The van der Waals surface area contributed by atoms with Crippen molar-refractivity contribution in [1.29, 1.82) is 0 Å². The van der Waals surface area contributed by atoms with Crippen molar-refractivity contribution in [3.8, 4) is 11.4 Å². The van der Waals surface area contributed by atoms with Crippen LogP contribution in [0.3, 0.4) is 0 Å². The van der Waals surface area contributed by atoms with Gasteiger partial charge in [-0.3, -0.25) is 0 Å². The van der Waals surface area contributed by atoms with E-state index in [1.165, 1.54) is 64.2 Å². The van der Waals surface area contributed by atoms with Crippen LogP contribution in [0, 0.1) is 11.8 Å². The zero-order valence-corrected chi connectivity index (χ0v) is 15.8. The van der Waals surface area contributed by atoms with Crippen LogP contribution in [-0.2, 0) is 4.74 Å². The first kappa shape index (κ1) is 18.1. The van der Waals surface area contributed by atoms with Crippen molar-refractivity contribution in [2.75, 3.05) is 0 Å². The zero-order chi connectivity index (χ0) is 18.5. The lowest BCUT2D eigenvalue weighted by atomic mass is 9.75. The Morgan fingerprint density at radius 1 is 0.926 bits per heavy atom. The molecule has 6 heteroatoms. The fourth-order valence-corrected chi connectivity index (χ4v) is 4.73. The highest BCUT2D eigenvalue weighted by atomic mass is 16.5. The van der Waals surface area contributed by atoms with E-state index in [1.54, 1.807) is 12.1 Å². The van der Waals surface area contributed by atoms with Crippen LogP contribution >= 0.6 is 0 Å². The van der Waals surface area contributed by atoms with Gasteiger partial charge < -0.3 is 4.74 Å². The third kappa shape index (κ3) is 4.37. The molecule has 0 spiro atoms. The number of nitrogens with zero attached hydrogens (tertiary/aromatic N) is 3. The van der Waals surface area contributed by atoms with Gasteiger partial charge in [0, 0.05) is 5.56 Å². The Hall–Kier alpha value is -2.24. The lowest BCUT2D eigenvalue weighted by Crippen LogP contribution is -2.36. The van der Waals surface area contributed by atoms with E-state index in [0.29, 0.717) is 23.2 Å². The molecule has 0 bridgehead atoms. The number of H-pyrrole nitrogens is 1. The molecule has 1 aromatic carbocycles. The fraction of sp³-hybridized carbons (Fsp3) is 0.619. The Labute approximate surface area is 160 Å². The molecule has 0 radical (unpaired) electrons. The molecule has 2 aromatic rings. The summed E-state index contributed by atoms with van der Waals surface area (Å²) in [7, 11) is 0. The Morgan fingerprint density at radius 2 is 1.52 bits per heavy atom. The minimum absolute atomic E-state index is 0.0787. The lowest BCUT2D eigenvalue weighted by Gasteiger charge is -2.37. The van der Waals surface area contributed by atoms with Crippen molar-refractivity contribution in [3.05, 3.63) is 29.8 Å². The number of hydrogen-bond acceptors (Lipinski definition) is 5. The Kier molecular flexibility index (Phi) is 5.80. The summed E-state index contributed by atoms with van der Waals surface area (Å²) in [6, 6.07) is 7.29. The fourth-order valence-electron chi connectivity index (χ4n) is 4.73. The number of aromatic nitrogens is 4. The first-order valence-corrected chi connectivity index (χ1v) is 10.4. The van der Waals surface area contributed by atoms with Crippen molar-refractivity contribution in [1.82, 2.24) is 20.6 Å². The number of esters is 1. The second-order valence-electron chi connectivity index (χ2n) is 7.98. The maximum absolute atomic E-state index is 12.9. The molecule has 1 N–H and O–H groups in total. The molecule has 2 aliphatic carbocycles. The molecule has 4 rings (SSSR count). The van der Waals surface area contributed by atoms with Crippen LogP contribution < -0.4 is 0 Å². The van der Waals surface area contributed by atoms with E-state index >= 15 is 0 Å². The minimum atomic E-state index is -0.198. The molecule has 144 valence electrons. The van der Waals surface area contributed by atoms with Crippen LogP contribution in [0.25, 0.3) is 11.4 Å². The molecule has 2 saturated carbocycles. The highest BCUT2D eigenvalue weighted by Crippen LogP contribution is 2.37. The molecule has 1 heterocycles. The Balaban J connectivity index is 1.47. The molecule has 0 unspecified atom stereocenters. The topological polar surface area (TPSA) is 80.8 Å². The van der Waals surface area contributed by atoms with Crippen molar-refractivity contribution in [2.45, 2.75) is 70.3 Å². The number of carbonyl (C=O) groups excluding carboxylic acids is 1. The van der Waals surface area contributed by atoms with E-state index < -0.39 is 0 Å². The normalized spacial score (nSPS) is 19.3. The van der Waals surface area contributed by atoms with E-state index in [4.69, 9.17) is 4.74 Å². The molecule has 27 heavy (non-hydrogen) atoms. The number of hydrogen-bond donors (Lipinski definition) is 1. The van der Waals surface area contributed by atoms with Gasteiger partial charge in [-0.05, 0) is 54.9 Å². The number of tetrazole rings is 1. The van der Waals surface area contributed by atoms with Gasteiger partial charge in [0.2, 0.25) is 5.82 Å². The van der Waals surface area contributed by atoms with E-state index in [-0.39, 0.29) is 12.1 Å². The second kappa shape index (κ2) is 8.63. The first-order valence-electron chi connectivity index (χ1n) is 10.4. The van der Waals surface area contributed by atoms with E-state index in [0.717, 1.165) is 5.56 Å². The largest absolute Gasteiger partial charge is 0.458 e. The van der Waals surface area contributed by atoms with Gasteiger partial charge in [-0.2, -0.15) is 5.21 Å². The summed E-state index contributed by atoms with van der Waals surface area (Å²) in [5.74, 6) is 1.39. The molecule has 0 aliphatic heterocycles. The Morgan fingerprint density at radius 3 is 2.04 bits per heavy atom. The standard InChI is InChI=1S/C21H28N4O2/c26-21(18-13-11-17(12-14-18)20-22-24-25-23-20)27-19(15-7-3-1-4-8-15)16-9-5-2-6-10-16/h11-16,19H,1-10H2,(H,22,23,24,25). The average Bonchev–Trinajstić information content (AvgIpc) is 3.28. The van der Waals surface area contributed by atoms with Gasteiger partial charge in [0.05, 0.1) is 5.56 Å². The van der Waals surface area contributed by atoms with Crippen molar-refractivity contribution >= 4 is 5.97 Å². The van der Waals surface area contributed by atoms with Gasteiger partial charge >= 0.3 is 5.97 Å². The van der Waals surface area contributed by atoms with Crippen LogP contribution in [0.1, 0.15) is 74.6 Å². The maximum Gasteiger partial charge on any atom is 0.338 e. The van der Waals surface area contributed by atoms with Crippen LogP contribution in [-0.4, -0.2) is 32.7 Å². The van der Waals surface area contributed by atoms with E-state index in [9.17, 15) is 4.79 Å². The summed E-state index contributed by atoms with van der Waals surface area (Å²) in [6.45, 7) is 0. The lowest BCUT2D eigenvalue weighted by molar-refractivity contribution is -0.0232. The monoisotopic (exact) mass is 368 g/mol. The summed E-state index contributed by atoms with van der Waals surface area (Å²) in [6.07, 6.45) is 12.6. The molecule has 0 atom stereocenters. The van der Waals surface area contributed by atoms with Gasteiger partial charge in [0.1, 0.15) is 6.10 Å². The SMILES string of the molecule is O=C(OC(C1CCCCC1)C1CCCCC1)c1ccc(-c2nn[nH]n2)cc1. The van der Waals surface area contributed by atoms with Crippen molar-refractivity contribution in [2.24, 2.45) is 11.8 Å². The smallest absolute Gasteiger partial charge is 0.338 e. The molecule has 2 aliphatic rings. The third-order valence-corrected chi connectivity index (χ3v) is 6.20. The number of nitrogens with one attached hydrogen (secondary N) is 1. The van der Waals surface area contributed by atoms with Crippen LogP contribution in [0.4, 0.5) is 0 Å². The second-order valence-corrected chi connectivity index (χ2v) is 7.98. The summed E-state index contributed by atoms with van der Waals surface area (Å²) in [5, 5.41) is 14.0. The summed E-state index contributed by atoms with van der Waals surface area (Å²) in [5.41, 5.74) is 1.43. The van der Waals surface area contributed by atoms with Gasteiger partial charge in [-0.15, -0.1) is 10.2 Å². The Bertz CT molecular complexity index is 699. The molecular formula is C21H28N4O2. The number of benzene rings is 1. The van der Waals surface area contributed by atoms with E-state index in [2.05, 4.69) is 20.6 Å². The quantitative estimate of drug-likeness (QED) is 0.783. The van der Waals surface area contributed by atoms with Gasteiger partial charge in [0.25, 0.3) is 0 Å². The van der Waals surface area contributed by atoms with Gasteiger partial charge in [0.15, 0.2) is 0 Å². The number of ether oxygens (including phenoxy) is 1. The van der Waals surface area contributed by atoms with Crippen LogP contribution in [0.5, 0.6) is 0 Å². The highest BCUT2D eigenvalue weighted by Gasteiger charge is 2.34. The van der Waals surface area contributed by atoms with Crippen LogP contribution in [0.2, 0.25) is 0 Å². The maximum atomic E-state index is 12.9. The number of carbonyl (C=O) groups is 1. The predicted molar refractivity (Wildman–Crippen MR) is 102 cm³/mol. The summed E-state index contributed by atoms with van der Waals surface area (Å²) >= 11 is 0. The predicted octanol–water partition coefficient (Wildman–Crippen LogP) is 4.55. The first-order chi connectivity index (χ1) is 13.3. The molecule has 0 amide bonds. The molecule has 0 saturated heterocycles. The van der Waals surface area contributed by atoms with Gasteiger partial charge in [-0.1, -0.05) is 50.7 Å². The van der Waals surface area contributed by atoms with Crippen LogP contribution in [0.15, 0.2) is 24.3 Å². The molecular weight excluding hydrogens is 340 g/mol. The zero-order valence-electron chi connectivity index (χ0n) is 15.8. The minimum Gasteiger partial charge on any atom is -0.458 e. The molecule has 6 nitrogen and oxygen atoms in total. The van der Waals surface area contributed by atoms with Crippen molar-refractivity contribution in [3.63, 3.8) is 0 Å². The highest BCUT2D eigenvalue weighted by molar-refractivity contribution is 5.90. The average molecular weight is 368 g/mol. The third-order valence-electron chi connectivity index (χ3n) is 6.20. The number of rotatable bonds is 5. The van der Waals surface area contributed by atoms with E-state index in [1.807, 2.05) is 12.1 Å². The summed E-state index contributed by atoms with van der Waals surface area (Å²) < 4.78 is 6.16. The molecule has 1 aromatic heterocycles. The summed E-state index contributed by atoms with van der Waals surface area (Å²) in [4.78, 5) is 12.9. The van der Waals surface area contributed by atoms with Gasteiger partial charge in [-0.25, -0.2) is 4.79 Å². The molecule has 2 fully saturated rings. The van der Waals surface area contributed by atoms with Crippen molar-refractivity contribution < 1.29 is 9.53 Å². The number of aromatic amines is 1.